The summed E-state index contributed by atoms with van der Waals surface area (Å²) in [7, 11) is 1.44. The maximum absolute atomic E-state index is 15.0. The summed E-state index contributed by atoms with van der Waals surface area (Å²) >= 11 is 0. The first-order valence-electron chi connectivity index (χ1n) is 12.1. The molecule has 11 heteroatoms. The lowest BCUT2D eigenvalue weighted by Crippen LogP contribution is -2.42. The van der Waals surface area contributed by atoms with Crippen LogP contribution in [0.1, 0.15) is 44.5 Å². The molecule has 1 fully saturated rings. The van der Waals surface area contributed by atoms with Gasteiger partial charge in [0.1, 0.15) is 17.0 Å². The Morgan fingerprint density at radius 3 is 2.72 bits per heavy atom. The van der Waals surface area contributed by atoms with E-state index in [0.717, 1.165) is 6.42 Å². The summed E-state index contributed by atoms with van der Waals surface area (Å²) in [6.45, 7) is 9.82. The molecule has 0 saturated carbocycles. The number of anilines is 2. The molecule has 4 rings (SSSR count). The molecule has 2 aliphatic heterocycles. The summed E-state index contributed by atoms with van der Waals surface area (Å²) in [5, 5.41) is 8.02. The summed E-state index contributed by atoms with van der Waals surface area (Å²) in [5.41, 5.74) is 0.0778. The zero-order valence-corrected chi connectivity index (χ0v) is 21.3. The molecule has 1 aromatic carbocycles. The molecule has 2 aromatic rings. The summed E-state index contributed by atoms with van der Waals surface area (Å²) in [5.74, 6) is -0.0796. The van der Waals surface area contributed by atoms with Gasteiger partial charge in [0, 0.05) is 32.3 Å². The lowest BCUT2D eigenvalue weighted by molar-refractivity contribution is 0.0541. The molecule has 0 bridgehead atoms. The van der Waals surface area contributed by atoms with E-state index in [2.05, 4.69) is 32.8 Å². The number of rotatable bonds is 6. The summed E-state index contributed by atoms with van der Waals surface area (Å²) < 4.78 is 27.0. The highest BCUT2D eigenvalue weighted by Gasteiger charge is 2.37. The number of carbonyl (C=O) groups is 2. The fourth-order valence-corrected chi connectivity index (χ4v) is 4.41. The average molecular weight is 501 g/mol. The van der Waals surface area contributed by atoms with Crippen molar-refractivity contribution in [2.24, 2.45) is 5.92 Å². The van der Waals surface area contributed by atoms with Crippen LogP contribution in [0.2, 0.25) is 0 Å². The molecule has 2 aliphatic rings. The van der Waals surface area contributed by atoms with Crippen molar-refractivity contribution < 1.29 is 23.5 Å². The number of carbonyl (C=O) groups excluding carboxylic acids is 2. The lowest BCUT2D eigenvalue weighted by atomic mass is 10.0. The van der Waals surface area contributed by atoms with Gasteiger partial charge in [-0.25, -0.2) is 14.2 Å². The Balaban J connectivity index is 1.78. The minimum absolute atomic E-state index is 0.00277. The van der Waals surface area contributed by atoms with E-state index >= 15 is 0 Å². The van der Waals surface area contributed by atoms with Gasteiger partial charge in [0.25, 0.3) is 5.91 Å². The van der Waals surface area contributed by atoms with Crippen LogP contribution < -0.4 is 20.7 Å². The van der Waals surface area contributed by atoms with E-state index in [9.17, 15) is 14.0 Å². The van der Waals surface area contributed by atoms with E-state index in [1.54, 1.807) is 11.0 Å². The number of urea groups is 1. The van der Waals surface area contributed by atoms with E-state index in [0.29, 0.717) is 37.7 Å². The van der Waals surface area contributed by atoms with Crippen molar-refractivity contribution in [1.82, 2.24) is 20.2 Å². The number of benzene rings is 1. The molecule has 36 heavy (non-hydrogen) atoms. The Kier molecular flexibility index (Phi) is 7.30. The summed E-state index contributed by atoms with van der Waals surface area (Å²) in [6, 6.07) is 3.72. The monoisotopic (exact) mass is 500 g/mol. The number of aromatic nitrogens is 2. The predicted molar refractivity (Wildman–Crippen MR) is 134 cm³/mol. The lowest BCUT2D eigenvalue weighted by Gasteiger charge is -2.28. The van der Waals surface area contributed by atoms with Crippen LogP contribution in [-0.4, -0.2) is 71.8 Å². The first-order chi connectivity index (χ1) is 17.1. The highest BCUT2D eigenvalue weighted by atomic mass is 19.1. The van der Waals surface area contributed by atoms with Gasteiger partial charge in [-0.05, 0) is 45.2 Å². The Labute approximate surface area is 210 Å². The Morgan fingerprint density at radius 2 is 2.08 bits per heavy atom. The second-order valence-electron chi connectivity index (χ2n) is 9.83. The van der Waals surface area contributed by atoms with E-state index in [1.807, 2.05) is 20.8 Å². The van der Waals surface area contributed by atoms with Gasteiger partial charge in [0.05, 0.1) is 24.0 Å². The normalized spacial score (nSPS) is 20.8. The van der Waals surface area contributed by atoms with Crippen LogP contribution in [0.4, 0.5) is 20.8 Å². The minimum Gasteiger partial charge on any atom is -0.469 e. The van der Waals surface area contributed by atoms with Crippen molar-refractivity contribution in [2.75, 3.05) is 43.9 Å². The van der Waals surface area contributed by atoms with Crippen LogP contribution in [0.15, 0.2) is 18.2 Å². The maximum Gasteiger partial charge on any atom is 0.319 e. The highest BCUT2D eigenvalue weighted by Crippen LogP contribution is 2.36. The van der Waals surface area contributed by atoms with Crippen molar-refractivity contribution in [2.45, 2.75) is 45.8 Å². The highest BCUT2D eigenvalue weighted by molar-refractivity contribution is 6.03. The SMILES string of the molecule is CCN1CC(C)(C)Oc2nc(NC[C@@H]3C[C@H](C)CO3)nc(-c3ccc(NC(=O)NC)c(F)c3)c2C1=O. The molecule has 0 unspecified atom stereocenters. The molecule has 0 aliphatic carbocycles. The number of halogens is 1. The number of fused-ring (bicyclic) bond motifs is 1. The number of ether oxygens (including phenoxy) is 2. The molecule has 0 radical (unpaired) electrons. The second kappa shape index (κ2) is 10.3. The van der Waals surface area contributed by atoms with Gasteiger partial charge in [-0.15, -0.1) is 0 Å². The summed E-state index contributed by atoms with van der Waals surface area (Å²) in [4.78, 5) is 36.0. The third kappa shape index (κ3) is 5.51. The van der Waals surface area contributed by atoms with Gasteiger partial charge in [0.2, 0.25) is 11.8 Å². The third-order valence-corrected chi connectivity index (χ3v) is 6.19. The number of nitrogens with zero attached hydrogens (tertiary/aromatic N) is 3. The predicted octanol–water partition coefficient (Wildman–Crippen LogP) is 3.50. The largest absolute Gasteiger partial charge is 0.469 e. The second-order valence-corrected chi connectivity index (χ2v) is 9.83. The van der Waals surface area contributed by atoms with Crippen LogP contribution in [0.5, 0.6) is 5.88 Å². The standard InChI is InChI=1S/C25H33FN6O4/c1-6-32-13-25(3,4)36-21-19(22(32)33)20(15-7-8-18(17(26)10-15)29-24(34)27-5)30-23(31-21)28-11-16-9-14(2)12-35-16/h7-8,10,14,16H,6,9,11-13H2,1-5H3,(H2,27,29,34)(H,28,30,31)/t14-,16-/m0/s1. The molecule has 194 valence electrons. The molecule has 3 amide bonds. The zero-order chi connectivity index (χ0) is 26.0. The van der Waals surface area contributed by atoms with Crippen LogP contribution in [0.3, 0.4) is 0 Å². The van der Waals surface area contributed by atoms with Crippen molar-refractivity contribution in [3.63, 3.8) is 0 Å². The van der Waals surface area contributed by atoms with Gasteiger partial charge in [-0.3, -0.25) is 4.79 Å². The molecule has 1 saturated heterocycles. The number of nitrogens with one attached hydrogen (secondary N) is 3. The summed E-state index contributed by atoms with van der Waals surface area (Å²) in [6.07, 6.45) is 0.941. The van der Waals surface area contributed by atoms with Gasteiger partial charge >= 0.3 is 6.03 Å². The molecule has 1 aromatic heterocycles. The Hall–Kier alpha value is -3.47. The fraction of sp³-hybridized carbons (Fsp3) is 0.520. The van der Waals surface area contributed by atoms with Gasteiger partial charge in [-0.1, -0.05) is 13.0 Å². The molecule has 10 nitrogen and oxygen atoms in total. The third-order valence-electron chi connectivity index (χ3n) is 6.19. The minimum atomic E-state index is -0.698. The van der Waals surface area contributed by atoms with Crippen molar-refractivity contribution in [1.29, 1.82) is 0 Å². The molecule has 3 heterocycles. The number of amides is 3. The zero-order valence-electron chi connectivity index (χ0n) is 21.3. The van der Waals surface area contributed by atoms with Crippen LogP contribution in [-0.2, 0) is 4.74 Å². The van der Waals surface area contributed by atoms with E-state index in [4.69, 9.17) is 9.47 Å². The smallest absolute Gasteiger partial charge is 0.319 e. The van der Waals surface area contributed by atoms with Gasteiger partial charge < -0.3 is 30.3 Å². The maximum atomic E-state index is 15.0. The Bertz CT molecular complexity index is 1160. The van der Waals surface area contributed by atoms with E-state index in [1.165, 1.54) is 19.2 Å². The molecule has 2 atom stereocenters. The Morgan fingerprint density at radius 1 is 1.31 bits per heavy atom. The average Bonchev–Trinajstić information content (AvgIpc) is 3.22. The molecule has 3 N–H and O–H groups in total. The van der Waals surface area contributed by atoms with Crippen molar-refractivity contribution >= 4 is 23.6 Å². The topological polar surface area (TPSA) is 118 Å². The quantitative estimate of drug-likeness (QED) is 0.556. The van der Waals surface area contributed by atoms with Crippen molar-refractivity contribution in [3.8, 4) is 17.1 Å². The van der Waals surface area contributed by atoms with Gasteiger partial charge in [0.15, 0.2) is 0 Å². The molecule has 0 spiro atoms. The first kappa shape index (κ1) is 25.6. The van der Waals surface area contributed by atoms with Crippen LogP contribution in [0.25, 0.3) is 11.3 Å². The number of likely N-dealkylation sites (N-methyl/N-ethyl adjacent to an activating group) is 1. The molecular formula is C25H33FN6O4. The molecular weight excluding hydrogens is 467 g/mol. The van der Waals surface area contributed by atoms with E-state index < -0.39 is 17.4 Å². The first-order valence-corrected chi connectivity index (χ1v) is 12.1. The van der Waals surface area contributed by atoms with Crippen LogP contribution >= 0.6 is 0 Å². The van der Waals surface area contributed by atoms with Crippen LogP contribution in [0, 0.1) is 11.7 Å². The van der Waals surface area contributed by atoms with Gasteiger partial charge in [-0.2, -0.15) is 4.98 Å². The van der Waals surface area contributed by atoms with Crippen molar-refractivity contribution in [3.05, 3.63) is 29.6 Å². The number of hydrogen-bond acceptors (Lipinski definition) is 7. The number of hydrogen-bond donors (Lipinski definition) is 3. The van der Waals surface area contributed by atoms with E-state index in [-0.39, 0.29) is 40.8 Å². The fourth-order valence-electron chi connectivity index (χ4n) is 4.41.